The molecule has 2 N–H and O–H groups in total. The van der Waals surface area contributed by atoms with E-state index in [1.807, 2.05) is 38.1 Å². The molecule has 0 bridgehead atoms. The Morgan fingerprint density at radius 1 is 1.06 bits per heavy atom. The molecule has 4 rings (SSSR count). The lowest BCUT2D eigenvalue weighted by Gasteiger charge is -2.45. The van der Waals surface area contributed by atoms with E-state index in [9.17, 15) is 18.8 Å². The third kappa shape index (κ3) is 5.13. The molecule has 0 unspecified atom stereocenters. The van der Waals surface area contributed by atoms with Crippen molar-refractivity contribution < 1.29 is 23.2 Å². The molecule has 1 saturated heterocycles. The van der Waals surface area contributed by atoms with Crippen LogP contribution in [0.15, 0.2) is 42.5 Å². The van der Waals surface area contributed by atoms with Gasteiger partial charge in [-0.2, -0.15) is 0 Å². The van der Waals surface area contributed by atoms with Gasteiger partial charge < -0.3 is 15.5 Å². The zero-order valence-corrected chi connectivity index (χ0v) is 21.1. The van der Waals surface area contributed by atoms with Gasteiger partial charge in [0.25, 0.3) is 0 Å². The molecule has 3 atom stereocenters. The first-order chi connectivity index (χ1) is 17.1. The van der Waals surface area contributed by atoms with Gasteiger partial charge in [0.1, 0.15) is 29.8 Å². The summed E-state index contributed by atoms with van der Waals surface area (Å²) < 4.78 is 28.8. The van der Waals surface area contributed by atoms with Crippen molar-refractivity contribution in [1.29, 1.82) is 0 Å². The van der Waals surface area contributed by atoms with E-state index in [0.717, 1.165) is 17.2 Å². The summed E-state index contributed by atoms with van der Waals surface area (Å²) in [5.74, 6) is -3.29. The molecule has 3 amide bonds. The summed E-state index contributed by atoms with van der Waals surface area (Å²) in [4.78, 5) is 42.3. The summed E-state index contributed by atoms with van der Waals surface area (Å²) in [5.41, 5.74) is 2.11. The number of nitrogens with one attached hydrogen (secondary N) is 2. The molecule has 2 aromatic carbocycles. The van der Waals surface area contributed by atoms with Crippen molar-refractivity contribution in [3.05, 3.63) is 70.8 Å². The topological polar surface area (TPSA) is 78.5 Å². The maximum Gasteiger partial charge on any atom is 0.247 e. The van der Waals surface area contributed by atoms with E-state index in [2.05, 4.69) is 10.6 Å². The molecule has 2 aliphatic rings. The van der Waals surface area contributed by atoms with Gasteiger partial charge in [-0.25, -0.2) is 8.78 Å². The van der Waals surface area contributed by atoms with Gasteiger partial charge in [-0.1, -0.05) is 44.2 Å². The molecule has 192 valence electrons. The minimum absolute atomic E-state index is 0.0233. The molecule has 0 spiro atoms. The average molecular weight is 498 g/mol. The van der Waals surface area contributed by atoms with Crippen molar-refractivity contribution >= 4 is 17.7 Å². The van der Waals surface area contributed by atoms with E-state index in [-0.39, 0.29) is 29.3 Å². The molecule has 2 aromatic rings. The molecule has 0 saturated carbocycles. The Bertz CT molecular complexity index is 1140. The fourth-order valence-corrected chi connectivity index (χ4v) is 5.38. The Hall–Kier alpha value is -3.29. The highest BCUT2D eigenvalue weighted by molar-refractivity contribution is 6.00. The number of amides is 3. The first-order valence-corrected chi connectivity index (χ1v) is 12.5. The van der Waals surface area contributed by atoms with Crippen LogP contribution in [0.2, 0.25) is 0 Å². The van der Waals surface area contributed by atoms with Crippen LogP contribution in [0.1, 0.15) is 56.8 Å². The number of carbonyl (C=O) groups excluding carboxylic acids is 3. The van der Waals surface area contributed by atoms with Crippen LogP contribution in [-0.4, -0.2) is 40.7 Å². The van der Waals surface area contributed by atoms with Crippen molar-refractivity contribution in [2.75, 3.05) is 0 Å². The van der Waals surface area contributed by atoms with E-state index in [0.29, 0.717) is 25.3 Å². The predicted molar refractivity (Wildman–Crippen MR) is 132 cm³/mol. The van der Waals surface area contributed by atoms with Crippen molar-refractivity contribution in [2.24, 2.45) is 11.8 Å². The molecule has 6 nitrogen and oxygen atoms in total. The van der Waals surface area contributed by atoms with Gasteiger partial charge in [-0.3, -0.25) is 14.4 Å². The minimum atomic E-state index is -1.42. The van der Waals surface area contributed by atoms with Crippen LogP contribution in [0.25, 0.3) is 0 Å². The summed E-state index contributed by atoms with van der Waals surface area (Å²) in [6.45, 7) is 7.34. The lowest BCUT2D eigenvalue weighted by molar-refractivity contribution is -0.158. The first kappa shape index (κ1) is 25.8. The highest BCUT2D eigenvalue weighted by Crippen LogP contribution is 2.36. The normalized spacial score (nSPS) is 21.1. The predicted octanol–water partition coefficient (Wildman–Crippen LogP) is 3.69. The number of hydrogen-bond acceptors (Lipinski definition) is 3. The van der Waals surface area contributed by atoms with Crippen LogP contribution in [0.4, 0.5) is 8.78 Å². The van der Waals surface area contributed by atoms with Crippen LogP contribution in [0, 0.1) is 23.5 Å². The van der Waals surface area contributed by atoms with Crippen LogP contribution in [0.3, 0.4) is 0 Å². The smallest absolute Gasteiger partial charge is 0.247 e. The molecule has 1 aliphatic carbocycles. The fraction of sp³-hybridized carbons (Fsp3) is 0.464. The van der Waals surface area contributed by atoms with Crippen LogP contribution in [0.5, 0.6) is 0 Å². The van der Waals surface area contributed by atoms with E-state index in [1.165, 1.54) is 11.0 Å². The number of rotatable bonds is 7. The Labute approximate surface area is 210 Å². The van der Waals surface area contributed by atoms with E-state index in [1.54, 1.807) is 13.8 Å². The van der Waals surface area contributed by atoms with Crippen LogP contribution in [-0.2, 0) is 27.2 Å². The molecule has 8 heteroatoms. The summed E-state index contributed by atoms with van der Waals surface area (Å²) in [7, 11) is 0. The van der Waals surface area contributed by atoms with E-state index in [4.69, 9.17) is 0 Å². The third-order valence-corrected chi connectivity index (χ3v) is 6.92. The molecule has 1 heterocycles. The zero-order valence-electron chi connectivity index (χ0n) is 21.1. The van der Waals surface area contributed by atoms with Gasteiger partial charge >= 0.3 is 0 Å². The van der Waals surface area contributed by atoms with Gasteiger partial charge in [0, 0.05) is 17.7 Å². The standard InChI is InChI=1S/C28H33F2N3O3/c1-15(2)11-23-26(34)32-24(19-12-17-7-5-6-8-18(17)13-19)28(36)33(23)25(27(35)31-16(3)4)21-10-9-20(29)14-22(21)30/h5-10,14-16,19,23-25H,11-13H2,1-4H3,(H,31,35)(H,32,34)/t23-,24-,25-/m1/s1. The summed E-state index contributed by atoms with van der Waals surface area (Å²) in [6, 6.07) is 7.31. The zero-order chi connectivity index (χ0) is 26.1. The Kier molecular flexibility index (Phi) is 7.43. The second kappa shape index (κ2) is 10.4. The number of hydrogen-bond donors (Lipinski definition) is 2. The van der Waals surface area contributed by atoms with Gasteiger partial charge in [0.05, 0.1) is 0 Å². The summed E-state index contributed by atoms with van der Waals surface area (Å²) in [5, 5.41) is 5.69. The molecule has 1 fully saturated rings. The Morgan fingerprint density at radius 2 is 1.69 bits per heavy atom. The molecule has 1 aliphatic heterocycles. The second-order valence-electron chi connectivity index (χ2n) is 10.5. The maximum absolute atomic E-state index is 15.1. The number of fused-ring (bicyclic) bond motifs is 1. The molecule has 0 aromatic heterocycles. The molecule has 0 radical (unpaired) electrons. The SMILES string of the molecule is CC(C)C[C@@H]1C(=O)N[C@H](C2Cc3ccccc3C2)C(=O)N1[C@@H](C(=O)NC(C)C)c1ccc(F)cc1F. The number of halogens is 2. The fourth-order valence-electron chi connectivity index (χ4n) is 5.38. The number of benzene rings is 2. The van der Waals surface area contributed by atoms with Crippen molar-refractivity contribution in [3.8, 4) is 0 Å². The highest BCUT2D eigenvalue weighted by Gasteiger charge is 2.50. The largest absolute Gasteiger partial charge is 0.352 e. The Morgan fingerprint density at radius 3 is 2.25 bits per heavy atom. The molecule has 36 heavy (non-hydrogen) atoms. The summed E-state index contributed by atoms with van der Waals surface area (Å²) in [6.07, 6.45) is 1.52. The van der Waals surface area contributed by atoms with Gasteiger partial charge in [-0.05, 0) is 62.1 Å². The molecular formula is C28H33F2N3O3. The highest BCUT2D eigenvalue weighted by atomic mass is 19.1. The van der Waals surface area contributed by atoms with E-state index < -0.39 is 41.6 Å². The second-order valence-corrected chi connectivity index (χ2v) is 10.5. The first-order valence-electron chi connectivity index (χ1n) is 12.5. The van der Waals surface area contributed by atoms with Crippen molar-refractivity contribution in [3.63, 3.8) is 0 Å². The lowest BCUT2D eigenvalue weighted by atomic mass is 9.87. The van der Waals surface area contributed by atoms with Gasteiger partial charge in [0.2, 0.25) is 17.7 Å². The van der Waals surface area contributed by atoms with Crippen LogP contribution < -0.4 is 10.6 Å². The Balaban J connectivity index is 1.78. The number of nitrogens with zero attached hydrogens (tertiary/aromatic N) is 1. The number of carbonyl (C=O) groups is 3. The quantitative estimate of drug-likeness (QED) is 0.613. The third-order valence-electron chi connectivity index (χ3n) is 6.92. The average Bonchev–Trinajstić information content (AvgIpc) is 3.22. The van der Waals surface area contributed by atoms with Crippen LogP contribution >= 0.6 is 0 Å². The van der Waals surface area contributed by atoms with Gasteiger partial charge in [0.15, 0.2) is 0 Å². The lowest BCUT2D eigenvalue weighted by Crippen LogP contribution is -2.67. The number of piperazine rings is 1. The van der Waals surface area contributed by atoms with Crippen molar-refractivity contribution in [1.82, 2.24) is 15.5 Å². The van der Waals surface area contributed by atoms with Gasteiger partial charge in [-0.15, -0.1) is 0 Å². The van der Waals surface area contributed by atoms with E-state index >= 15 is 4.39 Å². The summed E-state index contributed by atoms with van der Waals surface area (Å²) >= 11 is 0. The molecular weight excluding hydrogens is 464 g/mol. The van der Waals surface area contributed by atoms with Crippen molar-refractivity contribution in [2.45, 2.75) is 71.1 Å². The monoisotopic (exact) mass is 497 g/mol. The maximum atomic E-state index is 15.1. The minimum Gasteiger partial charge on any atom is -0.352 e.